The summed E-state index contributed by atoms with van der Waals surface area (Å²) in [6.45, 7) is 5.51. The van der Waals surface area contributed by atoms with Crippen LogP contribution in [-0.4, -0.2) is 42.8 Å². The van der Waals surface area contributed by atoms with Crippen molar-refractivity contribution in [3.05, 3.63) is 0 Å². The van der Waals surface area contributed by atoms with Gasteiger partial charge in [-0.3, -0.25) is 0 Å². The normalized spacial score (nSPS) is 30.4. The fourth-order valence-electron chi connectivity index (χ4n) is 3.15. The van der Waals surface area contributed by atoms with Crippen LogP contribution in [-0.2, 0) is 4.79 Å². The summed E-state index contributed by atoms with van der Waals surface area (Å²) in [4.78, 5) is 14.0. The summed E-state index contributed by atoms with van der Waals surface area (Å²) in [5, 5.41) is 0. The third-order valence-corrected chi connectivity index (χ3v) is 5.08. The molecule has 18 heavy (non-hydrogen) atoms. The number of carbonyl (C=O) groups excluding carboxylic acids is 1. The highest BCUT2D eigenvalue weighted by Gasteiger charge is 2.36. The first-order valence-electron chi connectivity index (χ1n) is 7.18. The highest BCUT2D eigenvalue weighted by molar-refractivity contribution is 7.98. The molecule has 0 bridgehead atoms. The Bertz CT molecular complexity index is 259. The van der Waals surface area contributed by atoms with E-state index in [0.29, 0.717) is 12.0 Å². The van der Waals surface area contributed by atoms with Crippen molar-refractivity contribution in [2.75, 3.05) is 25.6 Å². The Balaban J connectivity index is 2.53. The summed E-state index contributed by atoms with van der Waals surface area (Å²) in [5.41, 5.74) is -0.0694. The standard InChI is InChI=1S/C15H29NOS/c1-13-6-5-8-15(10-13,12-17)11-16(3)14(2)7-9-18-4/h12-14H,5-11H2,1-4H3. The summed E-state index contributed by atoms with van der Waals surface area (Å²) >= 11 is 1.90. The number of hydrogen-bond donors (Lipinski definition) is 0. The molecule has 0 heterocycles. The fraction of sp³-hybridized carbons (Fsp3) is 0.933. The van der Waals surface area contributed by atoms with Crippen LogP contribution >= 0.6 is 11.8 Å². The van der Waals surface area contributed by atoms with Crippen LogP contribution in [0.1, 0.15) is 46.0 Å². The largest absolute Gasteiger partial charge is 0.303 e. The summed E-state index contributed by atoms with van der Waals surface area (Å²) in [6, 6.07) is 0.575. The van der Waals surface area contributed by atoms with Crippen molar-refractivity contribution >= 4 is 18.0 Å². The van der Waals surface area contributed by atoms with Crippen LogP contribution in [0, 0.1) is 11.3 Å². The van der Waals surface area contributed by atoms with Crippen molar-refractivity contribution in [2.24, 2.45) is 11.3 Å². The van der Waals surface area contributed by atoms with Crippen molar-refractivity contribution < 1.29 is 4.79 Å². The predicted octanol–water partition coefficient (Wildman–Crippen LogP) is 3.46. The van der Waals surface area contributed by atoms with E-state index in [1.165, 1.54) is 31.3 Å². The molecule has 0 spiro atoms. The van der Waals surface area contributed by atoms with Crippen LogP contribution in [0.2, 0.25) is 0 Å². The van der Waals surface area contributed by atoms with Gasteiger partial charge >= 0.3 is 0 Å². The molecule has 0 radical (unpaired) electrons. The van der Waals surface area contributed by atoms with E-state index in [1.807, 2.05) is 11.8 Å². The second kappa shape index (κ2) is 7.54. The summed E-state index contributed by atoms with van der Waals surface area (Å²) in [5.74, 6) is 1.91. The Morgan fingerprint density at radius 1 is 1.56 bits per heavy atom. The maximum Gasteiger partial charge on any atom is 0.127 e. The average Bonchev–Trinajstić information content (AvgIpc) is 2.35. The maximum atomic E-state index is 11.6. The van der Waals surface area contributed by atoms with Crippen LogP contribution in [0.3, 0.4) is 0 Å². The number of nitrogens with zero attached hydrogens (tertiary/aromatic N) is 1. The number of hydrogen-bond acceptors (Lipinski definition) is 3. The Morgan fingerprint density at radius 3 is 2.83 bits per heavy atom. The predicted molar refractivity (Wildman–Crippen MR) is 81.2 cm³/mol. The van der Waals surface area contributed by atoms with Gasteiger partial charge < -0.3 is 9.69 Å². The monoisotopic (exact) mass is 271 g/mol. The lowest BCUT2D eigenvalue weighted by atomic mass is 9.70. The molecule has 1 rings (SSSR count). The first-order chi connectivity index (χ1) is 8.53. The molecule has 3 unspecified atom stereocenters. The van der Waals surface area contributed by atoms with E-state index in [9.17, 15) is 4.79 Å². The zero-order valence-electron chi connectivity index (χ0n) is 12.4. The molecule has 0 N–H and O–H groups in total. The molecule has 1 aliphatic rings. The van der Waals surface area contributed by atoms with Gasteiger partial charge in [-0.05, 0) is 51.2 Å². The summed E-state index contributed by atoms with van der Waals surface area (Å²) in [7, 11) is 2.18. The maximum absolute atomic E-state index is 11.6. The van der Waals surface area contributed by atoms with Gasteiger partial charge in [-0.15, -0.1) is 0 Å². The minimum absolute atomic E-state index is 0.0694. The lowest BCUT2D eigenvalue weighted by Crippen LogP contribution is -2.43. The van der Waals surface area contributed by atoms with Gasteiger partial charge in [0.15, 0.2) is 0 Å². The zero-order chi connectivity index (χ0) is 13.6. The van der Waals surface area contributed by atoms with Crippen LogP contribution in [0.15, 0.2) is 0 Å². The van der Waals surface area contributed by atoms with Crippen molar-refractivity contribution in [2.45, 2.75) is 52.0 Å². The molecule has 0 aromatic carbocycles. The first kappa shape index (κ1) is 16.0. The number of rotatable bonds is 7. The van der Waals surface area contributed by atoms with Gasteiger partial charge in [0.1, 0.15) is 6.29 Å². The van der Waals surface area contributed by atoms with Gasteiger partial charge in [-0.1, -0.05) is 19.8 Å². The lowest BCUT2D eigenvalue weighted by molar-refractivity contribution is -0.120. The van der Waals surface area contributed by atoms with Crippen LogP contribution < -0.4 is 0 Å². The average molecular weight is 271 g/mol. The molecule has 3 atom stereocenters. The van der Waals surface area contributed by atoms with E-state index >= 15 is 0 Å². The lowest BCUT2D eigenvalue weighted by Gasteiger charge is -2.40. The molecule has 1 fully saturated rings. The third kappa shape index (κ3) is 4.58. The third-order valence-electron chi connectivity index (χ3n) is 4.43. The fourth-order valence-corrected chi connectivity index (χ4v) is 3.73. The van der Waals surface area contributed by atoms with Crippen molar-refractivity contribution in [3.8, 4) is 0 Å². The van der Waals surface area contributed by atoms with E-state index < -0.39 is 0 Å². The Kier molecular flexibility index (Phi) is 6.72. The molecule has 0 aromatic rings. The van der Waals surface area contributed by atoms with Gasteiger partial charge in [0, 0.05) is 18.0 Å². The molecule has 0 aliphatic heterocycles. The number of thioether (sulfide) groups is 1. The molecular weight excluding hydrogens is 242 g/mol. The molecule has 106 valence electrons. The second-order valence-corrected chi connectivity index (χ2v) is 7.21. The van der Waals surface area contributed by atoms with Crippen molar-refractivity contribution in [1.29, 1.82) is 0 Å². The highest BCUT2D eigenvalue weighted by Crippen LogP contribution is 2.38. The van der Waals surface area contributed by atoms with E-state index in [2.05, 4.69) is 32.1 Å². The number of carbonyl (C=O) groups is 1. The van der Waals surface area contributed by atoms with Gasteiger partial charge in [0.05, 0.1) is 0 Å². The first-order valence-corrected chi connectivity index (χ1v) is 8.58. The van der Waals surface area contributed by atoms with Crippen molar-refractivity contribution in [1.82, 2.24) is 4.90 Å². The molecule has 0 amide bonds. The van der Waals surface area contributed by atoms with Gasteiger partial charge in [0.25, 0.3) is 0 Å². The van der Waals surface area contributed by atoms with E-state index in [-0.39, 0.29) is 5.41 Å². The minimum Gasteiger partial charge on any atom is -0.303 e. The Morgan fingerprint density at radius 2 is 2.28 bits per heavy atom. The van der Waals surface area contributed by atoms with E-state index in [4.69, 9.17) is 0 Å². The SMILES string of the molecule is CSCCC(C)N(C)CC1(C=O)CCCC(C)C1. The minimum atomic E-state index is -0.0694. The van der Waals surface area contributed by atoms with Gasteiger partial charge in [-0.2, -0.15) is 11.8 Å². The molecule has 0 saturated heterocycles. The Labute approximate surface area is 117 Å². The quantitative estimate of drug-likeness (QED) is 0.661. The Hall–Kier alpha value is -0.0200. The zero-order valence-corrected chi connectivity index (χ0v) is 13.3. The summed E-state index contributed by atoms with van der Waals surface area (Å²) < 4.78 is 0. The molecule has 3 heteroatoms. The number of aldehydes is 1. The second-order valence-electron chi connectivity index (χ2n) is 6.23. The smallest absolute Gasteiger partial charge is 0.127 e. The molecule has 1 saturated carbocycles. The van der Waals surface area contributed by atoms with Crippen LogP contribution in [0.4, 0.5) is 0 Å². The van der Waals surface area contributed by atoms with Gasteiger partial charge in [0.2, 0.25) is 0 Å². The van der Waals surface area contributed by atoms with E-state index in [1.54, 1.807) is 0 Å². The molecule has 0 aromatic heterocycles. The van der Waals surface area contributed by atoms with Crippen molar-refractivity contribution in [3.63, 3.8) is 0 Å². The highest BCUT2D eigenvalue weighted by atomic mass is 32.2. The molecular formula is C15H29NOS. The van der Waals surface area contributed by atoms with Crippen LogP contribution in [0.5, 0.6) is 0 Å². The van der Waals surface area contributed by atoms with Crippen LogP contribution in [0.25, 0.3) is 0 Å². The summed E-state index contributed by atoms with van der Waals surface area (Å²) in [6.07, 6.45) is 9.29. The molecule has 2 nitrogen and oxygen atoms in total. The van der Waals surface area contributed by atoms with Gasteiger partial charge in [-0.25, -0.2) is 0 Å². The topological polar surface area (TPSA) is 20.3 Å². The van der Waals surface area contributed by atoms with E-state index in [0.717, 1.165) is 19.4 Å². The molecule has 1 aliphatic carbocycles.